The fourth-order valence-electron chi connectivity index (χ4n) is 5.32. The van der Waals surface area contributed by atoms with Crippen LogP contribution in [0.4, 0.5) is 11.4 Å². The Morgan fingerprint density at radius 2 is 1.89 bits per heavy atom. The predicted octanol–water partition coefficient (Wildman–Crippen LogP) is 5.19. The van der Waals surface area contributed by atoms with Crippen molar-refractivity contribution in [2.24, 2.45) is 0 Å². The number of H-pyrrole nitrogens is 1. The second kappa shape index (κ2) is 11.1. The molecule has 7 heteroatoms. The lowest BCUT2D eigenvalue weighted by Crippen LogP contribution is -2.41. The van der Waals surface area contributed by atoms with Gasteiger partial charge >= 0.3 is 0 Å². The molecule has 0 bridgehead atoms. The predicted molar refractivity (Wildman–Crippen MR) is 149 cm³/mol. The minimum Gasteiger partial charge on any atom is -0.361 e. The number of fused-ring (bicyclic) bond motifs is 1. The highest BCUT2D eigenvalue weighted by Crippen LogP contribution is 2.31. The third-order valence-corrected chi connectivity index (χ3v) is 7.60. The zero-order valence-electron chi connectivity index (χ0n) is 22.0. The Hall–Kier alpha value is -3.73. The molecule has 0 radical (unpaired) electrons. The number of aryl methyl sites for hydroxylation is 3. The fraction of sp³-hybridized carbons (Fsp3) is 0.367. The van der Waals surface area contributed by atoms with Crippen LogP contribution in [0.5, 0.6) is 0 Å². The summed E-state index contributed by atoms with van der Waals surface area (Å²) in [5, 5.41) is 14.5. The summed E-state index contributed by atoms with van der Waals surface area (Å²) in [6, 6.07) is 15.6. The van der Waals surface area contributed by atoms with E-state index in [2.05, 4.69) is 88.6 Å². The zero-order valence-corrected chi connectivity index (χ0v) is 22.0. The van der Waals surface area contributed by atoms with Crippen molar-refractivity contribution in [2.45, 2.75) is 45.2 Å². The van der Waals surface area contributed by atoms with E-state index in [1.165, 1.54) is 18.2 Å². The van der Waals surface area contributed by atoms with Crippen LogP contribution in [-0.2, 0) is 19.4 Å². The minimum atomic E-state index is 0.550. The number of aromatic nitrogens is 3. The number of anilines is 2. The van der Waals surface area contributed by atoms with Crippen LogP contribution in [0.15, 0.2) is 55.0 Å². The summed E-state index contributed by atoms with van der Waals surface area (Å²) >= 11 is 0. The lowest BCUT2D eigenvalue weighted by Gasteiger charge is -2.35. The number of pyridine rings is 2. The Balaban J connectivity index is 1.29. The van der Waals surface area contributed by atoms with Crippen LogP contribution in [0.25, 0.3) is 10.9 Å². The van der Waals surface area contributed by atoms with E-state index in [1.54, 1.807) is 6.20 Å². The monoisotopic (exact) mass is 493 g/mol. The molecule has 190 valence electrons. The molecule has 0 saturated carbocycles. The van der Waals surface area contributed by atoms with Gasteiger partial charge in [-0.15, -0.1) is 0 Å². The van der Waals surface area contributed by atoms with Crippen LogP contribution < -0.4 is 5.32 Å². The Bertz CT molecular complexity index is 1410. The molecular weight excluding hydrogens is 458 g/mol. The van der Waals surface area contributed by atoms with Gasteiger partial charge in [-0.1, -0.05) is 6.07 Å². The first-order chi connectivity index (χ1) is 18.0. The van der Waals surface area contributed by atoms with Gasteiger partial charge < -0.3 is 15.2 Å². The van der Waals surface area contributed by atoms with Gasteiger partial charge in [0.2, 0.25) is 0 Å². The van der Waals surface area contributed by atoms with Crippen molar-refractivity contribution in [1.29, 1.82) is 5.26 Å². The van der Waals surface area contributed by atoms with Gasteiger partial charge in [0.25, 0.3) is 0 Å². The maximum Gasteiger partial charge on any atom is 0.103 e. The summed E-state index contributed by atoms with van der Waals surface area (Å²) in [6.45, 7) is 5.23. The van der Waals surface area contributed by atoms with E-state index in [0.717, 1.165) is 71.9 Å². The average molecular weight is 494 g/mol. The number of hydrogen-bond acceptors (Lipinski definition) is 6. The number of benzene rings is 1. The van der Waals surface area contributed by atoms with Crippen LogP contribution in [0.1, 0.15) is 40.9 Å². The molecule has 2 N–H and O–H groups in total. The first-order valence-electron chi connectivity index (χ1n) is 13.1. The molecule has 1 aromatic carbocycles. The van der Waals surface area contributed by atoms with E-state index in [0.29, 0.717) is 11.6 Å². The number of aromatic amines is 1. The molecule has 0 atom stereocenters. The lowest BCUT2D eigenvalue weighted by atomic mass is 10.0. The second-order valence-corrected chi connectivity index (χ2v) is 10.2. The van der Waals surface area contributed by atoms with Crippen LogP contribution in [0.2, 0.25) is 0 Å². The smallest absolute Gasteiger partial charge is 0.103 e. The third-order valence-electron chi connectivity index (χ3n) is 7.60. The van der Waals surface area contributed by atoms with E-state index < -0.39 is 0 Å². The standard InChI is InChI=1S/C30H35N7/c1-21-27-11-14-33-29(27)10-9-28(21)35-30-22(18-32-19-23(30)17-31)7-8-24-5-4-6-25(34-24)20-37-15-12-26(13-16-37)36(2)3/h4-6,9-11,14,18-19,26,33H,7-8,12-13,15-16,20H2,1-3H3,(H,32,35). The van der Waals surface area contributed by atoms with Gasteiger partial charge in [0, 0.05) is 66.6 Å². The van der Waals surface area contributed by atoms with Crippen molar-refractivity contribution in [3.05, 3.63) is 83.1 Å². The number of likely N-dealkylation sites (tertiary alicyclic amines) is 1. The van der Waals surface area contributed by atoms with Gasteiger partial charge in [-0.2, -0.15) is 5.26 Å². The molecule has 4 aromatic rings. The van der Waals surface area contributed by atoms with Gasteiger partial charge in [-0.25, -0.2) is 0 Å². The van der Waals surface area contributed by atoms with E-state index in [9.17, 15) is 5.26 Å². The highest BCUT2D eigenvalue weighted by Gasteiger charge is 2.21. The first-order valence-corrected chi connectivity index (χ1v) is 13.1. The van der Waals surface area contributed by atoms with Crippen molar-refractivity contribution in [3.63, 3.8) is 0 Å². The van der Waals surface area contributed by atoms with E-state index in [4.69, 9.17) is 4.98 Å². The van der Waals surface area contributed by atoms with Crippen molar-refractivity contribution < 1.29 is 0 Å². The van der Waals surface area contributed by atoms with Crippen LogP contribution in [0.3, 0.4) is 0 Å². The number of nitrogens with zero attached hydrogens (tertiary/aromatic N) is 5. The van der Waals surface area contributed by atoms with E-state index in [-0.39, 0.29) is 0 Å². The molecule has 4 heterocycles. The van der Waals surface area contributed by atoms with Crippen LogP contribution >= 0.6 is 0 Å². The topological polar surface area (TPSA) is 83.9 Å². The number of piperidine rings is 1. The molecule has 1 aliphatic heterocycles. The van der Waals surface area contributed by atoms with E-state index in [1.807, 2.05) is 12.4 Å². The summed E-state index contributed by atoms with van der Waals surface area (Å²) in [7, 11) is 4.35. The molecule has 5 rings (SSSR count). The van der Waals surface area contributed by atoms with Crippen LogP contribution in [-0.4, -0.2) is 58.0 Å². The molecule has 1 fully saturated rings. The van der Waals surface area contributed by atoms with Gasteiger partial charge in [0.1, 0.15) is 6.07 Å². The summed E-state index contributed by atoms with van der Waals surface area (Å²) < 4.78 is 0. The van der Waals surface area contributed by atoms with Gasteiger partial charge in [0.05, 0.1) is 16.9 Å². The zero-order chi connectivity index (χ0) is 25.8. The molecule has 0 aliphatic carbocycles. The third kappa shape index (κ3) is 5.66. The fourth-order valence-corrected chi connectivity index (χ4v) is 5.32. The highest BCUT2D eigenvalue weighted by molar-refractivity contribution is 5.89. The molecule has 3 aromatic heterocycles. The van der Waals surface area contributed by atoms with Gasteiger partial charge in [-0.3, -0.25) is 14.9 Å². The summed E-state index contributed by atoms with van der Waals surface area (Å²) in [5.74, 6) is 0. The first kappa shape index (κ1) is 24.9. The minimum absolute atomic E-state index is 0.550. The summed E-state index contributed by atoms with van der Waals surface area (Å²) in [5.41, 5.74) is 7.84. The number of nitrogens with one attached hydrogen (secondary N) is 2. The molecule has 0 amide bonds. The molecule has 0 spiro atoms. The normalized spacial score (nSPS) is 14.8. The quantitative estimate of drug-likeness (QED) is 0.351. The molecule has 7 nitrogen and oxygen atoms in total. The maximum atomic E-state index is 9.80. The van der Waals surface area contributed by atoms with Gasteiger partial charge in [-0.05, 0) is 88.2 Å². The number of rotatable bonds is 8. The lowest BCUT2D eigenvalue weighted by molar-refractivity contribution is 0.139. The largest absolute Gasteiger partial charge is 0.361 e. The van der Waals surface area contributed by atoms with Crippen LogP contribution in [0, 0.1) is 18.3 Å². The molecule has 1 saturated heterocycles. The number of nitriles is 1. The van der Waals surface area contributed by atoms with Gasteiger partial charge in [0.15, 0.2) is 0 Å². The number of hydrogen-bond donors (Lipinski definition) is 2. The second-order valence-electron chi connectivity index (χ2n) is 10.2. The summed E-state index contributed by atoms with van der Waals surface area (Å²) in [6.07, 6.45) is 9.41. The maximum absolute atomic E-state index is 9.80. The van der Waals surface area contributed by atoms with Crippen molar-refractivity contribution in [2.75, 3.05) is 32.5 Å². The molecule has 0 unspecified atom stereocenters. The summed E-state index contributed by atoms with van der Waals surface area (Å²) in [4.78, 5) is 17.4. The SMILES string of the molecule is Cc1c(Nc2c(C#N)cncc2CCc2cccc(CN3CCC(N(C)C)CC3)n2)ccc2[nH]ccc12. The molecular formula is C30H35N7. The van der Waals surface area contributed by atoms with Crippen molar-refractivity contribution in [1.82, 2.24) is 24.8 Å². The van der Waals surface area contributed by atoms with E-state index >= 15 is 0 Å². The highest BCUT2D eigenvalue weighted by atomic mass is 15.2. The Kier molecular flexibility index (Phi) is 7.50. The average Bonchev–Trinajstić information content (AvgIpc) is 3.40. The van der Waals surface area contributed by atoms with Crippen molar-refractivity contribution >= 4 is 22.3 Å². The molecule has 1 aliphatic rings. The Morgan fingerprint density at radius 1 is 1.08 bits per heavy atom. The van der Waals surface area contributed by atoms with Crippen molar-refractivity contribution in [3.8, 4) is 6.07 Å². The molecule has 37 heavy (non-hydrogen) atoms. The Morgan fingerprint density at radius 3 is 2.68 bits per heavy atom. The Labute approximate surface area is 219 Å².